The van der Waals surface area contributed by atoms with Crippen molar-refractivity contribution in [1.82, 2.24) is 4.90 Å². The monoisotopic (exact) mass is 296 g/mol. The normalized spacial score (nSPS) is 10.7. The molecule has 0 heterocycles. The molecule has 2 rings (SSSR count). The van der Waals surface area contributed by atoms with Crippen LogP contribution in [0.3, 0.4) is 0 Å². The predicted molar refractivity (Wildman–Crippen MR) is 92.2 cm³/mol. The zero-order chi connectivity index (χ0) is 15.9. The number of anilines is 1. The number of benzene rings is 2. The number of hydrogen-bond donors (Lipinski definition) is 1. The first-order valence-corrected chi connectivity index (χ1v) is 7.81. The second-order valence-corrected chi connectivity index (χ2v) is 5.48. The van der Waals surface area contributed by atoms with Gasteiger partial charge in [0, 0.05) is 17.8 Å². The Balaban J connectivity index is 2.02. The lowest BCUT2D eigenvalue weighted by atomic mass is 10.1. The van der Waals surface area contributed by atoms with Crippen LogP contribution in [0.1, 0.15) is 35.3 Å². The third kappa shape index (κ3) is 4.43. The molecule has 22 heavy (non-hydrogen) atoms. The van der Waals surface area contributed by atoms with E-state index in [2.05, 4.69) is 24.1 Å². The molecule has 3 nitrogen and oxygen atoms in total. The predicted octanol–water partition coefficient (Wildman–Crippen LogP) is 4.09. The third-order valence-corrected chi connectivity index (χ3v) is 3.79. The van der Waals surface area contributed by atoms with Gasteiger partial charge in [0.1, 0.15) is 0 Å². The lowest BCUT2D eigenvalue weighted by Gasteiger charge is -2.18. The highest BCUT2D eigenvalue weighted by atomic mass is 16.1. The molecule has 1 N–H and O–H groups in total. The first-order valence-electron chi connectivity index (χ1n) is 7.81. The van der Waals surface area contributed by atoms with Crippen LogP contribution in [-0.2, 0) is 6.54 Å². The van der Waals surface area contributed by atoms with Crippen LogP contribution in [0.2, 0.25) is 0 Å². The fraction of sp³-hybridized carbons (Fsp3) is 0.316. The Bertz CT molecular complexity index is 616. The highest BCUT2D eigenvalue weighted by Crippen LogP contribution is 2.13. The first kappa shape index (κ1) is 16.2. The molecule has 0 atom stereocenters. The molecular weight excluding hydrogens is 272 g/mol. The van der Waals surface area contributed by atoms with Gasteiger partial charge in [-0.15, -0.1) is 0 Å². The van der Waals surface area contributed by atoms with Crippen molar-refractivity contribution in [3.63, 3.8) is 0 Å². The summed E-state index contributed by atoms with van der Waals surface area (Å²) in [6.07, 6.45) is 0. The molecule has 2 aromatic carbocycles. The second kappa shape index (κ2) is 7.76. The second-order valence-electron chi connectivity index (χ2n) is 5.48. The molecule has 0 saturated carbocycles. The minimum atomic E-state index is -0.0695. The fourth-order valence-electron chi connectivity index (χ4n) is 2.39. The van der Waals surface area contributed by atoms with Crippen LogP contribution >= 0.6 is 0 Å². The van der Waals surface area contributed by atoms with E-state index in [9.17, 15) is 4.79 Å². The summed E-state index contributed by atoms with van der Waals surface area (Å²) in [5.74, 6) is -0.0695. The number of amides is 1. The molecule has 0 bridgehead atoms. The average molecular weight is 296 g/mol. The largest absolute Gasteiger partial charge is 0.322 e. The van der Waals surface area contributed by atoms with Gasteiger partial charge in [-0.3, -0.25) is 9.69 Å². The van der Waals surface area contributed by atoms with Gasteiger partial charge in [0.2, 0.25) is 0 Å². The fourth-order valence-corrected chi connectivity index (χ4v) is 2.39. The summed E-state index contributed by atoms with van der Waals surface area (Å²) in [4.78, 5) is 14.6. The molecule has 2 aromatic rings. The van der Waals surface area contributed by atoms with Crippen molar-refractivity contribution in [3.8, 4) is 0 Å². The standard InChI is InChI=1S/C19H24N2O/c1-4-21(5-2)14-16-9-11-17(12-10-16)19(22)20-18-8-6-7-15(3)13-18/h6-13H,4-5,14H2,1-3H3,(H,20,22). The van der Waals surface area contributed by atoms with Crippen molar-refractivity contribution < 1.29 is 4.79 Å². The molecule has 116 valence electrons. The summed E-state index contributed by atoms with van der Waals surface area (Å²) in [5.41, 5.74) is 3.88. The van der Waals surface area contributed by atoms with Crippen LogP contribution < -0.4 is 5.32 Å². The molecule has 0 spiro atoms. The van der Waals surface area contributed by atoms with Gasteiger partial charge >= 0.3 is 0 Å². The quantitative estimate of drug-likeness (QED) is 0.871. The smallest absolute Gasteiger partial charge is 0.255 e. The van der Waals surface area contributed by atoms with Crippen LogP contribution in [0, 0.1) is 6.92 Å². The molecule has 0 aliphatic rings. The minimum Gasteiger partial charge on any atom is -0.322 e. The molecule has 1 amide bonds. The highest BCUT2D eigenvalue weighted by molar-refractivity contribution is 6.04. The van der Waals surface area contributed by atoms with E-state index in [4.69, 9.17) is 0 Å². The molecule has 0 saturated heterocycles. The van der Waals surface area contributed by atoms with Gasteiger partial charge in [0.25, 0.3) is 5.91 Å². The Morgan fingerprint density at radius 2 is 1.73 bits per heavy atom. The van der Waals surface area contributed by atoms with Crippen LogP contribution in [0.5, 0.6) is 0 Å². The average Bonchev–Trinajstić information content (AvgIpc) is 2.53. The van der Waals surface area contributed by atoms with E-state index < -0.39 is 0 Å². The van der Waals surface area contributed by atoms with Crippen LogP contribution in [0.15, 0.2) is 48.5 Å². The summed E-state index contributed by atoms with van der Waals surface area (Å²) >= 11 is 0. The maximum atomic E-state index is 12.2. The molecule has 3 heteroatoms. The van der Waals surface area contributed by atoms with Crippen molar-refractivity contribution in [3.05, 3.63) is 65.2 Å². The molecular formula is C19H24N2O. The Hall–Kier alpha value is -2.13. The SMILES string of the molecule is CCN(CC)Cc1ccc(C(=O)Nc2cccc(C)c2)cc1. The number of aryl methyl sites for hydroxylation is 1. The highest BCUT2D eigenvalue weighted by Gasteiger charge is 2.07. The summed E-state index contributed by atoms with van der Waals surface area (Å²) in [6, 6.07) is 15.7. The van der Waals surface area contributed by atoms with Gasteiger partial charge in [-0.05, 0) is 55.4 Å². The van der Waals surface area contributed by atoms with Gasteiger partial charge in [0.05, 0.1) is 0 Å². The number of nitrogens with one attached hydrogen (secondary N) is 1. The summed E-state index contributed by atoms with van der Waals surface area (Å²) < 4.78 is 0. The Morgan fingerprint density at radius 1 is 1.05 bits per heavy atom. The van der Waals surface area contributed by atoms with Gasteiger partial charge < -0.3 is 5.32 Å². The van der Waals surface area contributed by atoms with Crippen LogP contribution in [-0.4, -0.2) is 23.9 Å². The molecule has 0 radical (unpaired) electrons. The summed E-state index contributed by atoms with van der Waals surface area (Å²) in [6.45, 7) is 9.32. The Kier molecular flexibility index (Phi) is 5.73. The van der Waals surface area contributed by atoms with E-state index >= 15 is 0 Å². The zero-order valence-electron chi connectivity index (χ0n) is 13.6. The van der Waals surface area contributed by atoms with E-state index in [1.807, 2.05) is 55.5 Å². The lowest BCUT2D eigenvalue weighted by Crippen LogP contribution is -2.22. The topological polar surface area (TPSA) is 32.3 Å². The maximum absolute atomic E-state index is 12.2. The van der Waals surface area contributed by atoms with Crippen LogP contribution in [0.25, 0.3) is 0 Å². The van der Waals surface area contributed by atoms with E-state index in [0.717, 1.165) is 30.9 Å². The lowest BCUT2D eigenvalue weighted by molar-refractivity contribution is 0.102. The number of carbonyl (C=O) groups is 1. The van der Waals surface area contributed by atoms with Crippen molar-refractivity contribution >= 4 is 11.6 Å². The first-order chi connectivity index (χ1) is 10.6. The van der Waals surface area contributed by atoms with Gasteiger partial charge in [-0.2, -0.15) is 0 Å². The molecule has 0 fully saturated rings. The zero-order valence-corrected chi connectivity index (χ0v) is 13.6. The number of rotatable bonds is 6. The van der Waals surface area contributed by atoms with E-state index in [1.165, 1.54) is 5.56 Å². The Morgan fingerprint density at radius 3 is 2.32 bits per heavy atom. The Labute approximate surface area is 133 Å². The number of hydrogen-bond acceptors (Lipinski definition) is 2. The number of carbonyl (C=O) groups excluding carboxylic acids is 1. The van der Waals surface area contributed by atoms with Crippen molar-refractivity contribution in [2.75, 3.05) is 18.4 Å². The van der Waals surface area contributed by atoms with Gasteiger partial charge in [-0.1, -0.05) is 38.1 Å². The van der Waals surface area contributed by atoms with E-state index in [0.29, 0.717) is 5.56 Å². The van der Waals surface area contributed by atoms with Gasteiger partial charge in [-0.25, -0.2) is 0 Å². The maximum Gasteiger partial charge on any atom is 0.255 e. The number of nitrogens with zero attached hydrogens (tertiary/aromatic N) is 1. The molecule has 0 aliphatic carbocycles. The molecule has 0 unspecified atom stereocenters. The van der Waals surface area contributed by atoms with Crippen molar-refractivity contribution in [2.24, 2.45) is 0 Å². The minimum absolute atomic E-state index is 0.0695. The van der Waals surface area contributed by atoms with Crippen molar-refractivity contribution in [1.29, 1.82) is 0 Å². The van der Waals surface area contributed by atoms with E-state index in [-0.39, 0.29) is 5.91 Å². The van der Waals surface area contributed by atoms with Gasteiger partial charge in [0.15, 0.2) is 0 Å². The molecule has 0 aliphatic heterocycles. The van der Waals surface area contributed by atoms with Crippen molar-refractivity contribution in [2.45, 2.75) is 27.3 Å². The summed E-state index contributed by atoms with van der Waals surface area (Å²) in [5, 5.41) is 2.93. The summed E-state index contributed by atoms with van der Waals surface area (Å²) in [7, 11) is 0. The third-order valence-electron chi connectivity index (χ3n) is 3.79. The van der Waals surface area contributed by atoms with Crippen LogP contribution in [0.4, 0.5) is 5.69 Å². The molecule has 0 aromatic heterocycles. The van der Waals surface area contributed by atoms with E-state index in [1.54, 1.807) is 0 Å².